The molecule has 0 saturated carbocycles. The minimum Gasteiger partial charge on any atom is -0.392 e. The lowest BCUT2D eigenvalue weighted by Gasteiger charge is -2.38. The minimum absolute atomic E-state index is 0.0547. The van der Waals surface area contributed by atoms with E-state index >= 15 is 0 Å². The van der Waals surface area contributed by atoms with Gasteiger partial charge in [0.2, 0.25) is 0 Å². The molecule has 3 rings (SSSR count). The van der Waals surface area contributed by atoms with Gasteiger partial charge in [-0.1, -0.05) is 38.0 Å². The largest absolute Gasteiger partial charge is 0.392 e. The molecule has 0 aliphatic carbocycles. The average molecular weight is 390 g/mol. The molecule has 0 amide bonds. The zero-order chi connectivity index (χ0) is 19.4. The summed E-state index contributed by atoms with van der Waals surface area (Å²) in [5, 5.41) is 21.3. The van der Waals surface area contributed by atoms with Crippen LogP contribution in [0.1, 0.15) is 49.5 Å². The molecule has 2 aromatic rings. The zero-order valence-corrected chi connectivity index (χ0v) is 16.7. The van der Waals surface area contributed by atoms with Crippen LogP contribution in [0.25, 0.3) is 0 Å². The van der Waals surface area contributed by atoms with Gasteiger partial charge in [0.05, 0.1) is 18.3 Å². The lowest BCUT2D eigenvalue weighted by Crippen LogP contribution is -2.43. The van der Waals surface area contributed by atoms with E-state index in [9.17, 15) is 9.50 Å². The first-order valence-electron chi connectivity index (χ1n) is 9.63. The smallest absolute Gasteiger partial charge is 0.123 e. The standard InChI is InChI=1S/C22H28FNO2S/c1-3-4-6-15(13-24)21(25)20-18(19-7-5-12-27-19)14-26-22(20,2)16-8-10-17(23)11-9-16/h5,7-13,15,18,20-21,24-25H,3-4,6,14H2,1-2H3. The molecule has 1 aliphatic rings. The highest BCUT2D eigenvalue weighted by atomic mass is 32.1. The van der Waals surface area contributed by atoms with Crippen molar-refractivity contribution in [3.05, 3.63) is 58.0 Å². The van der Waals surface area contributed by atoms with E-state index in [1.54, 1.807) is 23.5 Å². The Hall–Kier alpha value is -1.56. The Bertz CT molecular complexity index is 733. The van der Waals surface area contributed by atoms with Gasteiger partial charge >= 0.3 is 0 Å². The van der Waals surface area contributed by atoms with Crippen molar-refractivity contribution < 1.29 is 14.2 Å². The second-order valence-corrected chi connectivity index (χ2v) is 8.52. The van der Waals surface area contributed by atoms with Crippen LogP contribution < -0.4 is 0 Å². The SMILES string of the molecule is CCCCC(C=N)C(O)C1C(c2cccs2)COC1(C)c1ccc(F)cc1. The van der Waals surface area contributed by atoms with Gasteiger partial charge < -0.3 is 15.3 Å². The normalized spacial score (nSPS) is 27.4. The maximum absolute atomic E-state index is 13.5. The Balaban J connectivity index is 1.99. The summed E-state index contributed by atoms with van der Waals surface area (Å²) in [5.74, 6) is -0.643. The number of benzene rings is 1. The molecule has 2 N–H and O–H groups in total. The summed E-state index contributed by atoms with van der Waals surface area (Å²) in [7, 11) is 0. The number of aliphatic hydroxyl groups is 1. The van der Waals surface area contributed by atoms with E-state index in [1.165, 1.54) is 23.2 Å². The molecule has 5 heteroatoms. The van der Waals surface area contributed by atoms with E-state index in [-0.39, 0.29) is 23.6 Å². The number of aliphatic hydroxyl groups excluding tert-OH is 1. The summed E-state index contributed by atoms with van der Waals surface area (Å²) in [4.78, 5) is 1.18. The summed E-state index contributed by atoms with van der Waals surface area (Å²) in [6, 6.07) is 10.5. The third-order valence-electron chi connectivity index (χ3n) is 5.87. The maximum Gasteiger partial charge on any atom is 0.123 e. The van der Waals surface area contributed by atoms with Crippen molar-refractivity contribution >= 4 is 17.6 Å². The van der Waals surface area contributed by atoms with Gasteiger partial charge in [0.25, 0.3) is 0 Å². The van der Waals surface area contributed by atoms with Crippen molar-refractivity contribution in [3.63, 3.8) is 0 Å². The highest BCUT2D eigenvalue weighted by Gasteiger charge is 2.53. The Morgan fingerprint density at radius 2 is 2.11 bits per heavy atom. The van der Waals surface area contributed by atoms with Crippen molar-refractivity contribution in [1.82, 2.24) is 0 Å². The molecule has 1 aromatic carbocycles. The fourth-order valence-corrected chi connectivity index (χ4v) is 5.15. The first kappa shape index (κ1) is 20.2. The monoisotopic (exact) mass is 389 g/mol. The van der Waals surface area contributed by atoms with E-state index in [0.29, 0.717) is 6.61 Å². The number of rotatable bonds is 8. The third-order valence-corrected chi connectivity index (χ3v) is 6.87. The van der Waals surface area contributed by atoms with Crippen molar-refractivity contribution in [2.75, 3.05) is 6.61 Å². The summed E-state index contributed by atoms with van der Waals surface area (Å²) < 4.78 is 19.7. The first-order chi connectivity index (χ1) is 13.0. The van der Waals surface area contributed by atoms with E-state index in [2.05, 4.69) is 13.0 Å². The third kappa shape index (κ3) is 4.00. The molecule has 5 unspecified atom stereocenters. The molecule has 0 radical (unpaired) electrons. The molecule has 146 valence electrons. The maximum atomic E-state index is 13.5. The number of nitrogens with one attached hydrogen (secondary N) is 1. The van der Waals surface area contributed by atoms with Gasteiger partial charge in [-0.3, -0.25) is 0 Å². The second-order valence-electron chi connectivity index (χ2n) is 7.54. The highest BCUT2D eigenvalue weighted by Crippen LogP contribution is 2.51. The summed E-state index contributed by atoms with van der Waals surface area (Å²) in [6.45, 7) is 4.61. The lowest BCUT2D eigenvalue weighted by atomic mass is 9.70. The van der Waals surface area contributed by atoms with Gasteiger partial charge in [-0.2, -0.15) is 0 Å². The van der Waals surface area contributed by atoms with Crippen LogP contribution in [0, 0.1) is 23.1 Å². The number of hydrogen-bond donors (Lipinski definition) is 2. The van der Waals surface area contributed by atoms with E-state index in [1.807, 2.05) is 18.4 Å². The number of hydrogen-bond acceptors (Lipinski definition) is 4. The molecular formula is C22H28FNO2S. The van der Waals surface area contributed by atoms with Crippen molar-refractivity contribution in [2.24, 2.45) is 11.8 Å². The fraction of sp³-hybridized carbons (Fsp3) is 0.500. The van der Waals surface area contributed by atoms with Crippen LogP contribution in [-0.2, 0) is 10.3 Å². The Kier molecular flexibility index (Phi) is 6.45. The number of ether oxygens (including phenoxy) is 1. The van der Waals surface area contributed by atoms with E-state index in [0.717, 1.165) is 24.8 Å². The molecule has 1 fully saturated rings. The van der Waals surface area contributed by atoms with Gasteiger partial charge in [0, 0.05) is 28.8 Å². The van der Waals surface area contributed by atoms with Gasteiger partial charge in [-0.25, -0.2) is 4.39 Å². The minimum atomic E-state index is -0.727. The van der Waals surface area contributed by atoms with Crippen molar-refractivity contribution in [2.45, 2.75) is 50.7 Å². The van der Waals surface area contributed by atoms with Crippen LogP contribution in [0.5, 0.6) is 0 Å². The van der Waals surface area contributed by atoms with Crippen LogP contribution in [0.3, 0.4) is 0 Å². The fourth-order valence-electron chi connectivity index (χ4n) is 4.29. The topological polar surface area (TPSA) is 53.3 Å². The van der Waals surface area contributed by atoms with Crippen LogP contribution in [0.2, 0.25) is 0 Å². The van der Waals surface area contributed by atoms with E-state index in [4.69, 9.17) is 10.1 Å². The Morgan fingerprint density at radius 3 is 2.70 bits per heavy atom. The molecule has 1 aliphatic heterocycles. The molecular weight excluding hydrogens is 361 g/mol. The van der Waals surface area contributed by atoms with Crippen LogP contribution >= 0.6 is 11.3 Å². The summed E-state index contributed by atoms with van der Waals surface area (Å²) >= 11 is 1.67. The molecule has 3 nitrogen and oxygen atoms in total. The molecule has 0 bridgehead atoms. The quantitative estimate of drug-likeness (QED) is 0.598. The van der Waals surface area contributed by atoms with Crippen LogP contribution in [0.4, 0.5) is 4.39 Å². The summed E-state index contributed by atoms with van der Waals surface area (Å²) in [5.41, 5.74) is 0.140. The Labute approximate surface area is 164 Å². The van der Waals surface area contributed by atoms with Gasteiger partial charge in [-0.05, 0) is 42.5 Å². The van der Waals surface area contributed by atoms with Crippen molar-refractivity contribution in [1.29, 1.82) is 5.41 Å². The second kappa shape index (κ2) is 8.63. The van der Waals surface area contributed by atoms with Gasteiger partial charge in [0.1, 0.15) is 5.82 Å². The van der Waals surface area contributed by atoms with E-state index < -0.39 is 11.7 Å². The molecule has 27 heavy (non-hydrogen) atoms. The van der Waals surface area contributed by atoms with Gasteiger partial charge in [0.15, 0.2) is 0 Å². The average Bonchev–Trinajstić information content (AvgIpc) is 3.31. The first-order valence-corrected chi connectivity index (χ1v) is 10.5. The van der Waals surface area contributed by atoms with Crippen LogP contribution in [0.15, 0.2) is 41.8 Å². The zero-order valence-electron chi connectivity index (χ0n) is 15.9. The highest BCUT2D eigenvalue weighted by molar-refractivity contribution is 7.10. The Morgan fingerprint density at radius 1 is 1.37 bits per heavy atom. The molecule has 2 heterocycles. The lowest BCUT2D eigenvalue weighted by molar-refractivity contribution is -0.0575. The molecule has 1 saturated heterocycles. The number of thiophene rings is 1. The van der Waals surface area contributed by atoms with Crippen molar-refractivity contribution in [3.8, 4) is 0 Å². The van der Waals surface area contributed by atoms with Crippen LogP contribution in [-0.4, -0.2) is 24.0 Å². The number of unbranched alkanes of at least 4 members (excludes halogenated alkanes) is 1. The predicted molar refractivity (Wildman–Crippen MR) is 108 cm³/mol. The molecule has 5 atom stereocenters. The van der Waals surface area contributed by atoms with Gasteiger partial charge in [-0.15, -0.1) is 11.3 Å². The molecule has 0 spiro atoms. The molecule has 1 aromatic heterocycles. The summed E-state index contributed by atoms with van der Waals surface area (Å²) in [6.07, 6.45) is 3.48. The number of halogens is 1. The predicted octanol–water partition coefficient (Wildman–Crippen LogP) is 5.35.